The fourth-order valence-corrected chi connectivity index (χ4v) is 3.23. The molecule has 0 aromatic heterocycles. The Morgan fingerprint density at radius 1 is 1.04 bits per heavy atom. The molecule has 25 heavy (non-hydrogen) atoms. The van der Waals surface area contributed by atoms with Crippen LogP contribution in [0.1, 0.15) is 24.5 Å². The number of nitrogens with zero attached hydrogens (tertiary/aromatic N) is 1. The highest BCUT2D eigenvalue weighted by atomic mass is 35.5. The summed E-state index contributed by atoms with van der Waals surface area (Å²) in [5.41, 5.74) is 1.92. The summed E-state index contributed by atoms with van der Waals surface area (Å²) in [4.78, 5) is 14.2. The topological polar surface area (TPSA) is 52.6 Å². The van der Waals surface area contributed by atoms with Crippen LogP contribution < -0.4 is 5.32 Å². The summed E-state index contributed by atoms with van der Waals surface area (Å²) in [6, 6.07) is 19.5. The monoisotopic (exact) mass is 360 g/mol. The lowest BCUT2D eigenvalue weighted by atomic mass is 9.87. The first kappa shape index (κ1) is 19.3. The quantitative estimate of drug-likeness (QED) is 0.858. The summed E-state index contributed by atoms with van der Waals surface area (Å²) >= 11 is 0. The number of hydrogen-bond donors (Lipinski definition) is 2. The Morgan fingerprint density at radius 2 is 1.60 bits per heavy atom. The second-order valence-corrected chi connectivity index (χ2v) is 6.29. The van der Waals surface area contributed by atoms with Gasteiger partial charge in [-0.25, -0.2) is 0 Å². The number of hydrogen-bond acceptors (Lipinski definition) is 3. The van der Waals surface area contributed by atoms with Gasteiger partial charge in [0.2, 0.25) is 5.91 Å². The predicted octanol–water partition coefficient (Wildman–Crippen LogP) is 3.49. The van der Waals surface area contributed by atoms with Crippen molar-refractivity contribution in [2.24, 2.45) is 5.92 Å². The third-order valence-electron chi connectivity index (χ3n) is 4.70. The van der Waals surface area contributed by atoms with Gasteiger partial charge in [0.1, 0.15) is 0 Å². The SMILES string of the molecule is Cl.O=C(CNc1ccccc1)N1CCC(C(O)c2ccccc2)CC1. The van der Waals surface area contributed by atoms with Crippen molar-refractivity contribution in [2.45, 2.75) is 18.9 Å². The Hall–Kier alpha value is -2.04. The van der Waals surface area contributed by atoms with Crippen molar-refractivity contribution in [1.82, 2.24) is 4.90 Å². The Kier molecular flexibility index (Phi) is 7.29. The van der Waals surface area contributed by atoms with Crippen molar-refractivity contribution in [3.05, 3.63) is 66.2 Å². The number of para-hydroxylation sites is 1. The van der Waals surface area contributed by atoms with Crippen LogP contribution in [-0.4, -0.2) is 35.5 Å². The van der Waals surface area contributed by atoms with Crippen LogP contribution in [0.2, 0.25) is 0 Å². The second kappa shape index (κ2) is 9.44. The van der Waals surface area contributed by atoms with E-state index < -0.39 is 6.10 Å². The van der Waals surface area contributed by atoms with Gasteiger partial charge in [-0.1, -0.05) is 48.5 Å². The minimum Gasteiger partial charge on any atom is -0.388 e. The number of aliphatic hydroxyl groups is 1. The van der Waals surface area contributed by atoms with Crippen molar-refractivity contribution in [3.8, 4) is 0 Å². The lowest BCUT2D eigenvalue weighted by Crippen LogP contribution is -2.42. The minimum absolute atomic E-state index is 0. The summed E-state index contributed by atoms with van der Waals surface area (Å²) in [5, 5.41) is 13.7. The number of likely N-dealkylation sites (tertiary alicyclic amines) is 1. The van der Waals surface area contributed by atoms with Gasteiger partial charge in [-0.3, -0.25) is 4.79 Å². The number of piperidine rings is 1. The molecular weight excluding hydrogens is 336 g/mol. The van der Waals surface area contributed by atoms with Crippen molar-refractivity contribution in [3.63, 3.8) is 0 Å². The lowest BCUT2D eigenvalue weighted by molar-refractivity contribution is -0.131. The van der Waals surface area contributed by atoms with Gasteiger partial charge >= 0.3 is 0 Å². The van der Waals surface area contributed by atoms with Crippen molar-refractivity contribution < 1.29 is 9.90 Å². The summed E-state index contributed by atoms with van der Waals surface area (Å²) in [5.74, 6) is 0.338. The van der Waals surface area contributed by atoms with Gasteiger partial charge in [0.15, 0.2) is 0 Å². The first-order valence-electron chi connectivity index (χ1n) is 8.54. The highest BCUT2D eigenvalue weighted by Crippen LogP contribution is 2.30. The number of benzene rings is 2. The van der Waals surface area contributed by atoms with Crippen LogP contribution in [0.5, 0.6) is 0 Å². The maximum Gasteiger partial charge on any atom is 0.241 e. The first-order chi connectivity index (χ1) is 11.7. The Morgan fingerprint density at radius 3 is 2.20 bits per heavy atom. The average Bonchev–Trinajstić information content (AvgIpc) is 2.67. The maximum atomic E-state index is 12.3. The van der Waals surface area contributed by atoms with Crippen LogP contribution in [0, 0.1) is 5.92 Å². The van der Waals surface area contributed by atoms with Crippen LogP contribution in [0.15, 0.2) is 60.7 Å². The summed E-state index contributed by atoms with van der Waals surface area (Å²) in [6.45, 7) is 1.74. The van der Waals surface area contributed by atoms with E-state index in [0.717, 1.165) is 24.1 Å². The van der Waals surface area contributed by atoms with Gasteiger partial charge in [-0.05, 0) is 36.5 Å². The van der Waals surface area contributed by atoms with Gasteiger partial charge in [-0.2, -0.15) is 0 Å². The zero-order chi connectivity index (χ0) is 16.8. The van der Waals surface area contributed by atoms with Crippen molar-refractivity contribution in [1.29, 1.82) is 0 Å². The van der Waals surface area contributed by atoms with Gasteiger partial charge < -0.3 is 15.3 Å². The number of aliphatic hydroxyl groups excluding tert-OH is 1. The summed E-state index contributed by atoms with van der Waals surface area (Å²) in [7, 11) is 0. The van der Waals surface area contributed by atoms with Gasteiger partial charge in [0, 0.05) is 18.8 Å². The largest absolute Gasteiger partial charge is 0.388 e. The zero-order valence-corrected chi connectivity index (χ0v) is 15.0. The number of rotatable bonds is 5. The van der Waals surface area contributed by atoms with E-state index in [4.69, 9.17) is 0 Å². The van der Waals surface area contributed by atoms with Crippen LogP contribution in [0.25, 0.3) is 0 Å². The van der Waals surface area contributed by atoms with E-state index in [-0.39, 0.29) is 24.2 Å². The van der Waals surface area contributed by atoms with Crippen molar-refractivity contribution >= 4 is 24.0 Å². The van der Waals surface area contributed by atoms with Gasteiger partial charge in [0.25, 0.3) is 0 Å². The second-order valence-electron chi connectivity index (χ2n) is 6.29. The average molecular weight is 361 g/mol. The lowest BCUT2D eigenvalue weighted by Gasteiger charge is -2.34. The normalized spacial score (nSPS) is 16.0. The van der Waals surface area contributed by atoms with Crippen LogP contribution in [0.3, 0.4) is 0 Å². The molecule has 2 N–H and O–H groups in total. The van der Waals surface area contributed by atoms with Crippen molar-refractivity contribution in [2.75, 3.05) is 25.0 Å². The van der Waals surface area contributed by atoms with E-state index in [2.05, 4.69) is 5.32 Å². The summed E-state index contributed by atoms with van der Waals surface area (Å²) < 4.78 is 0. The fraction of sp³-hybridized carbons (Fsp3) is 0.350. The van der Waals surface area contributed by atoms with E-state index in [0.29, 0.717) is 19.6 Å². The molecular formula is C20H25ClN2O2. The molecule has 1 aliphatic heterocycles. The van der Waals surface area contributed by atoms with E-state index >= 15 is 0 Å². The molecule has 4 nitrogen and oxygen atoms in total. The molecule has 0 saturated carbocycles. The molecule has 1 unspecified atom stereocenters. The highest BCUT2D eigenvalue weighted by Gasteiger charge is 2.27. The minimum atomic E-state index is -0.439. The van der Waals surface area contributed by atoms with Crippen LogP contribution in [-0.2, 0) is 4.79 Å². The molecule has 1 saturated heterocycles. The number of halogens is 1. The molecule has 0 spiro atoms. The molecule has 1 amide bonds. The number of carbonyl (C=O) groups is 1. The molecule has 2 aromatic carbocycles. The number of anilines is 1. The third-order valence-corrected chi connectivity index (χ3v) is 4.70. The van der Waals surface area contributed by atoms with E-state index in [9.17, 15) is 9.90 Å². The standard InChI is InChI=1S/C20H24N2O2.ClH/c23-19(15-21-18-9-5-2-6-10-18)22-13-11-17(12-14-22)20(24)16-7-3-1-4-8-16;/h1-10,17,20-21,24H,11-15H2;1H. The van der Waals surface area contributed by atoms with Crippen LogP contribution in [0.4, 0.5) is 5.69 Å². The molecule has 1 aliphatic rings. The summed E-state index contributed by atoms with van der Waals surface area (Å²) in [6.07, 6.45) is 1.24. The molecule has 2 aromatic rings. The molecule has 0 aliphatic carbocycles. The van der Waals surface area contributed by atoms with Gasteiger partial charge in [-0.15, -0.1) is 12.4 Å². The smallest absolute Gasteiger partial charge is 0.241 e. The number of carbonyl (C=O) groups excluding carboxylic acids is 1. The van der Waals surface area contributed by atoms with E-state index in [1.807, 2.05) is 65.6 Å². The van der Waals surface area contributed by atoms with Crippen LogP contribution >= 0.6 is 12.4 Å². The molecule has 134 valence electrons. The highest BCUT2D eigenvalue weighted by molar-refractivity contribution is 5.85. The Balaban J connectivity index is 0.00000225. The first-order valence-corrected chi connectivity index (χ1v) is 8.54. The molecule has 1 heterocycles. The molecule has 3 rings (SSSR count). The maximum absolute atomic E-state index is 12.3. The Bertz CT molecular complexity index is 643. The third kappa shape index (κ3) is 5.21. The van der Waals surface area contributed by atoms with Gasteiger partial charge in [0.05, 0.1) is 12.6 Å². The molecule has 0 radical (unpaired) electrons. The molecule has 0 bridgehead atoms. The van der Waals surface area contributed by atoms with E-state index in [1.165, 1.54) is 0 Å². The number of nitrogens with one attached hydrogen (secondary N) is 1. The van der Waals surface area contributed by atoms with E-state index in [1.54, 1.807) is 0 Å². The molecule has 1 fully saturated rings. The molecule has 1 atom stereocenters. The predicted molar refractivity (Wildman–Crippen MR) is 103 cm³/mol. The number of amides is 1. The fourth-order valence-electron chi connectivity index (χ4n) is 3.23. The zero-order valence-electron chi connectivity index (χ0n) is 14.2. The Labute approximate surface area is 155 Å². The molecule has 5 heteroatoms.